The highest BCUT2D eigenvalue weighted by molar-refractivity contribution is 6.42. The minimum atomic E-state index is 0.00177. The fraction of sp³-hybridized carbons (Fsp3) is 0.529. The standard InChI is InChI=1S/C17H22Cl2N2O2/c1-12(22)20-11-13-7-9-21(10-8-13)16(23)6-5-14-3-2-4-15(18)17(14)19/h2-4,13H,5-11H2,1H3,(H,20,22). The van der Waals surface area contributed by atoms with Gasteiger partial charge in [0.05, 0.1) is 10.0 Å². The summed E-state index contributed by atoms with van der Waals surface area (Å²) in [5.74, 6) is 0.617. The summed E-state index contributed by atoms with van der Waals surface area (Å²) in [7, 11) is 0. The second kappa shape index (κ2) is 8.55. The largest absolute Gasteiger partial charge is 0.356 e. The maximum Gasteiger partial charge on any atom is 0.222 e. The van der Waals surface area contributed by atoms with Crippen LogP contribution >= 0.6 is 23.2 Å². The Bertz CT molecular complexity index is 570. The van der Waals surface area contributed by atoms with E-state index in [1.165, 1.54) is 6.92 Å². The van der Waals surface area contributed by atoms with Crippen LogP contribution in [0.5, 0.6) is 0 Å². The Morgan fingerprint density at radius 2 is 1.96 bits per heavy atom. The molecule has 1 aromatic rings. The number of aryl methyl sites for hydroxylation is 1. The highest BCUT2D eigenvalue weighted by Gasteiger charge is 2.22. The first-order valence-electron chi connectivity index (χ1n) is 7.92. The average Bonchev–Trinajstić information content (AvgIpc) is 2.54. The van der Waals surface area contributed by atoms with Crippen molar-refractivity contribution in [2.45, 2.75) is 32.6 Å². The minimum absolute atomic E-state index is 0.00177. The maximum absolute atomic E-state index is 12.3. The number of carbonyl (C=O) groups excluding carboxylic acids is 2. The lowest BCUT2D eigenvalue weighted by atomic mass is 9.96. The van der Waals surface area contributed by atoms with E-state index in [-0.39, 0.29) is 11.8 Å². The van der Waals surface area contributed by atoms with Crippen LogP contribution in [0.3, 0.4) is 0 Å². The van der Waals surface area contributed by atoms with Gasteiger partial charge in [-0.3, -0.25) is 9.59 Å². The van der Waals surface area contributed by atoms with Crippen LogP contribution < -0.4 is 5.32 Å². The third-order valence-corrected chi connectivity index (χ3v) is 5.10. The van der Waals surface area contributed by atoms with Gasteiger partial charge >= 0.3 is 0 Å². The van der Waals surface area contributed by atoms with Gasteiger partial charge in [-0.15, -0.1) is 0 Å². The molecule has 0 spiro atoms. The number of nitrogens with one attached hydrogen (secondary N) is 1. The molecule has 1 fully saturated rings. The molecule has 0 bridgehead atoms. The molecule has 126 valence electrons. The summed E-state index contributed by atoms with van der Waals surface area (Å²) in [6.45, 7) is 3.74. The Labute approximate surface area is 147 Å². The smallest absolute Gasteiger partial charge is 0.222 e. The molecule has 1 N–H and O–H groups in total. The average molecular weight is 357 g/mol. The van der Waals surface area contributed by atoms with Crippen LogP contribution in [-0.4, -0.2) is 36.3 Å². The molecule has 0 unspecified atom stereocenters. The highest BCUT2D eigenvalue weighted by Crippen LogP contribution is 2.26. The first-order valence-corrected chi connectivity index (χ1v) is 8.68. The molecule has 0 aliphatic carbocycles. The van der Waals surface area contributed by atoms with Gasteiger partial charge in [0.25, 0.3) is 0 Å². The number of amides is 2. The van der Waals surface area contributed by atoms with Gasteiger partial charge in [0.15, 0.2) is 0 Å². The van der Waals surface area contributed by atoms with Gasteiger partial charge in [-0.2, -0.15) is 0 Å². The van der Waals surface area contributed by atoms with Crippen LogP contribution in [0.25, 0.3) is 0 Å². The fourth-order valence-electron chi connectivity index (χ4n) is 2.82. The summed E-state index contributed by atoms with van der Waals surface area (Å²) in [5.41, 5.74) is 0.910. The van der Waals surface area contributed by atoms with Crippen molar-refractivity contribution in [2.24, 2.45) is 5.92 Å². The maximum atomic E-state index is 12.3. The van der Waals surface area contributed by atoms with Gasteiger partial charge in [0, 0.05) is 33.0 Å². The van der Waals surface area contributed by atoms with E-state index in [0.29, 0.717) is 35.3 Å². The molecule has 0 aromatic heterocycles. The van der Waals surface area contributed by atoms with Gasteiger partial charge in [0.2, 0.25) is 11.8 Å². The lowest BCUT2D eigenvalue weighted by Gasteiger charge is -2.32. The van der Waals surface area contributed by atoms with E-state index in [2.05, 4.69) is 5.32 Å². The third-order valence-electron chi connectivity index (χ3n) is 4.25. The number of likely N-dealkylation sites (tertiary alicyclic amines) is 1. The minimum Gasteiger partial charge on any atom is -0.356 e. The second-order valence-electron chi connectivity index (χ2n) is 5.97. The molecular formula is C17H22Cl2N2O2. The molecule has 1 aliphatic heterocycles. The Kier molecular flexibility index (Phi) is 6.72. The molecule has 23 heavy (non-hydrogen) atoms. The Morgan fingerprint density at radius 1 is 1.26 bits per heavy atom. The van der Waals surface area contributed by atoms with E-state index < -0.39 is 0 Å². The summed E-state index contributed by atoms with van der Waals surface area (Å²) in [6.07, 6.45) is 2.91. The van der Waals surface area contributed by atoms with Crippen molar-refractivity contribution in [3.05, 3.63) is 33.8 Å². The van der Waals surface area contributed by atoms with Crippen LogP contribution in [-0.2, 0) is 16.0 Å². The zero-order valence-electron chi connectivity index (χ0n) is 13.3. The molecule has 2 amide bonds. The van der Waals surface area contributed by atoms with Crippen LogP contribution in [0.2, 0.25) is 10.0 Å². The molecule has 1 heterocycles. The summed E-state index contributed by atoms with van der Waals surface area (Å²) < 4.78 is 0. The zero-order valence-corrected chi connectivity index (χ0v) is 14.8. The normalized spacial score (nSPS) is 15.5. The number of piperidine rings is 1. The quantitative estimate of drug-likeness (QED) is 0.879. The molecule has 1 aliphatic rings. The van der Waals surface area contributed by atoms with Gasteiger partial charge in [-0.25, -0.2) is 0 Å². The van der Waals surface area contributed by atoms with E-state index in [0.717, 1.165) is 31.5 Å². The Balaban J connectivity index is 1.77. The van der Waals surface area contributed by atoms with Crippen molar-refractivity contribution in [1.82, 2.24) is 10.2 Å². The van der Waals surface area contributed by atoms with Crippen molar-refractivity contribution < 1.29 is 9.59 Å². The topological polar surface area (TPSA) is 49.4 Å². The predicted molar refractivity (Wildman–Crippen MR) is 92.8 cm³/mol. The van der Waals surface area contributed by atoms with Crippen LogP contribution in [0.15, 0.2) is 18.2 Å². The number of carbonyl (C=O) groups is 2. The Hall–Kier alpha value is -1.26. The van der Waals surface area contributed by atoms with Crippen molar-refractivity contribution in [3.8, 4) is 0 Å². The number of benzene rings is 1. The molecule has 0 radical (unpaired) electrons. The molecular weight excluding hydrogens is 335 g/mol. The SMILES string of the molecule is CC(=O)NCC1CCN(C(=O)CCc2cccc(Cl)c2Cl)CC1. The fourth-order valence-corrected chi connectivity index (χ4v) is 3.23. The number of rotatable bonds is 5. The second-order valence-corrected chi connectivity index (χ2v) is 6.76. The summed E-state index contributed by atoms with van der Waals surface area (Å²) in [4.78, 5) is 25.2. The van der Waals surface area contributed by atoms with Crippen molar-refractivity contribution in [3.63, 3.8) is 0 Å². The first kappa shape index (κ1) is 18.1. The van der Waals surface area contributed by atoms with Gasteiger partial charge in [-0.05, 0) is 36.8 Å². The monoisotopic (exact) mass is 356 g/mol. The molecule has 0 saturated carbocycles. The van der Waals surface area contributed by atoms with E-state index >= 15 is 0 Å². The zero-order chi connectivity index (χ0) is 16.8. The molecule has 4 nitrogen and oxygen atoms in total. The molecule has 2 rings (SSSR count). The van der Waals surface area contributed by atoms with E-state index in [1.54, 1.807) is 6.07 Å². The van der Waals surface area contributed by atoms with Gasteiger partial charge in [0.1, 0.15) is 0 Å². The van der Waals surface area contributed by atoms with Crippen molar-refractivity contribution >= 4 is 35.0 Å². The van der Waals surface area contributed by atoms with Gasteiger partial charge < -0.3 is 10.2 Å². The number of hydrogen-bond donors (Lipinski definition) is 1. The van der Waals surface area contributed by atoms with E-state index in [9.17, 15) is 9.59 Å². The molecule has 0 atom stereocenters. The lowest BCUT2D eigenvalue weighted by Crippen LogP contribution is -2.41. The Morgan fingerprint density at radius 3 is 2.61 bits per heavy atom. The van der Waals surface area contributed by atoms with E-state index in [4.69, 9.17) is 23.2 Å². The van der Waals surface area contributed by atoms with Crippen molar-refractivity contribution in [1.29, 1.82) is 0 Å². The highest BCUT2D eigenvalue weighted by atomic mass is 35.5. The predicted octanol–water partition coefficient (Wildman–Crippen LogP) is 3.30. The molecule has 1 aromatic carbocycles. The molecule has 1 saturated heterocycles. The third kappa shape index (κ3) is 5.40. The van der Waals surface area contributed by atoms with Crippen LogP contribution in [0.4, 0.5) is 0 Å². The van der Waals surface area contributed by atoms with Crippen LogP contribution in [0.1, 0.15) is 31.7 Å². The van der Waals surface area contributed by atoms with Crippen molar-refractivity contribution in [2.75, 3.05) is 19.6 Å². The first-order chi connectivity index (χ1) is 11.0. The molecule has 6 heteroatoms. The summed E-state index contributed by atoms with van der Waals surface area (Å²) >= 11 is 12.1. The number of hydrogen-bond acceptors (Lipinski definition) is 2. The number of nitrogens with zero attached hydrogens (tertiary/aromatic N) is 1. The summed E-state index contributed by atoms with van der Waals surface area (Å²) in [6, 6.07) is 5.50. The van der Waals surface area contributed by atoms with Crippen LogP contribution in [0, 0.1) is 5.92 Å². The van der Waals surface area contributed by atoms with E-state index in [1.807, 2.05) is 17.0 Å². The van der Waals surface area contributed by atoms with Gasteiger partial charge in [-0.1, -0.05) is 35.3 Å². The summed E-state index contributed by atoms with van der Waals surface area (Å²) in [5, 5.41) is 3.91. The lowest BCUT2D eigenvalue weighted by molar-refractivity contribution is -0.132. The number of halogens is 2.